The number of aryl methyl sites for hydroxylation is 2. The van der Waals surface area contributed by atoms with Gasteiger partial charge in [-0.15, -0.1) is 0 Å². The van der Waals surface area contributed by atoms with E-state index < -0.39 is 5.97 Å². The number of carbonyl (C=O) groups excluding carboxylic acids is 1. The van der Waals surface area contributed by atoms with Crippen molar-refractivity contribution in [2.45, 2.75) is 39.5 Å². The number of amides is 1. The lowest BCUT2D eigenvalue weighted by atomic mass is 9.96. The fourth-order valence-corrected chi connectivity index (χ4v) is 3.28. The Kier molecular flexibility index (Phi) is 4.46. The average Bonchev–Trinajstić information content (AvgIpc) is 3.03. The van der Waals surface area contributed by atoms with Crippen LogP contribution in [0.4, 0.5) is 0 Å². The van der Waals surface area contributed by atoms with Gasteiger partial charge in [0.1, 0.15) is 6.33 Å². The highest BCUT2D eigenvalue weighted by molar-refractivity contribution is 5.77. The summed E-state index contributed by atoms with van der Waals surface area (Å²) in [5.41, 5.74) is 2.83. The molecule has 0 saturated carbocycles. The molecule has 0 bridgehead atoms. The van der Waals surface area contributed by atoms with Crippen LogP contribution in [0, 0.1) is 19.8 Å². The SMILES string of the molecule is Cc1nc2ncnn2c(C)c1CCC(=O)N1CCC(C(=O)O)CC1. The van der Waals surface area contributed by atoms with Crippen LogP contribution < -0.4 is 0 Å². The smallest absolute Gasteiger partial charge is 0.306 e. The topological polar surface area (TPSA) is 101 Å². The summed E-state index contributed by atoms with van der Waals surface area (Å²) < 4.78 is 1.69. The number of fused-ring (bicyclic) bond motifs is 1. The highest BCUT2D eigenvalue weighted by Crippen LogP contribution is 2.20. The summed E-state index contributed by atoms with van der Waals surface area (Å²) in [7, 11) is 0. The second kappa shape index (κ2) is 6.54. The monoisotopic (exact) mass is 331 g/mol. The van der Waals surface area contributed by atoms with Gasteiger partial charge in [0.25, 0.3) is 5.78 Å². The Morgan fingerprint density at radius 3 is 2.67 bits per heavy atom. The fourth-order valence-electron chi connectivity index (χ4n) is 3.28. The molecule has 128 valence electrons. The highest BCUT2D eigenvalue weighted by atomic mass is 16.4. The number of hydrogen-bond acceptors (Lipinski definition) is 5. The molecule has 3 rings (SSSR count). The van der Waals surface area contributed by atoms with Gasteiger partial charge < -0.3 is 10.0 Å². The molecule has 0 aromatic carbocycles. The van der Waals surface area contributed by atoms with Gasteiger partial charge in [-0.05, 0) is 38.7 Å². The number of nitrogens with zero attached hydrogens (tertiary/aromatic N) is 5. The predicted octanol–water partition coefficient (Wildman–Crippen LogP) is 0.997. The molecule has 8 nitrogen and oxygen atoms in total. The molecule has 0 spiro atoms. The summed E-state index contributed by atoms with van der Waals surface area (Å²) in [6.45, 7) is 4.91. The van der Waals surface area contributed by atoms with Crippen molar-refractivity contribution in [3.05, 3.63) is 23.3 Å². The molecule has 2 aromatic rings. The lowest BCUT2D eigenvalue weighted by molar-refractivity contribution is -0.145. The van der Waals surface area contributed by atoms with Crippen LogP contribution in [-0.2, 0) is 16.0 Å². The first-order chi connectivity index (χ1) is 11.5. The van der Waals surface area contributed by atoms with E-state index in [2.05, 4.69) is 15.1 Å². The van der Waals surface area contributed by atoms with Crippen LogP contribution in [0.15, 0.2) is 6.33 Å². The lowest BCUT2D eigenvalue weighted by Crippen LogP contribution is -2.40. The van der Waals surface area contributed by atoms with Gasteiger partial charge in [0.2, 0.25) is 5.91 Å². The Balaban J connectivity index is 1.64. The summed E-state index contributed by atoms with van der Waals surface area (Å²) in [5, 5.41) is 13.2. The first-order valence-corrected chi connectivity index (χ1v) is 8.13. The first-order valence-electron chi connectivity index (χ1n) is 8.13. The van der Waals surface area contributed by atoms with Gasteiger partial charge in [-0.25, -0.2) is 9.50 Å². The van der Waals surface area contributed by atoms with Gasteiger partial charge in [0, 0.05) is 30.9 Å². The van der Waals surface area contributed by atoms with Crippen molar-refractivity contribution in [1.29, 1.82) is 0 Å². The standard InChI is InChI=1S/C16H21N5O3/c1-10-13(11(2)21-16(19-10)17-9-18-21)3-4-14(22)20-7-5-12(6-8-20)15(23)24/h9,12H,3-8H2,1-2H3,(H,23,24). The molecule has 3 heterocycles. The zero-order chi connectivity index (χ0) is 17.3. The van der Waals surface area contributed by atoms with Gasteiger partial charge in [-0.1, -0.05) is 0 Å². The normalized spacial score (nSPS) is 15.8. The third-order valence-electron chi connectivity index (χ3n) is 4.77. The van der Waals surface area contributed by atoms with Crippen LogP contribution in [0.25, 0.3) is 5.78 Å². The van der Waals surface area contributed by atoms with E-state index in [9.17, 15) is 9.59 Å². The maximum absolute atomic E-state index is 12.4. The molecule has 0 radical (unpaired) electrons. The van der Waals surface area contributed by atoms with Gasteiger partial charge >= 0.3 is 5.97 Å². The van der Waals surface area contributed by atoms with Crippen LogP contribution in [0.5, 0.6) is 0 Å². The number of carboxylic acids is 1. The Hall–Kier alpha value is -2.51. The van der Waals surface area contributed by atoms with E-state index in [1.165, 1.54) is 6.33 Å². The van der Waals surface area contributed by atoms with Gasteiger partial charge in [-0.3, -0.25) is 9.59 Å². The molecule has 0 atom stereocenters. The third kappa shape index (κ3) is 3.08. The lowest BCUT2D eigenvalue weighted by Gasteiger charge is -2.30. The summed E-state index contributed by atoms with van der Waals surface area (Å²) >= 11 is 0. The van der Waals surface area contributed by atoms with E-state index >= 15 is 0 Å². The number of piperidine rings is 1. The Morgan fingerprint density at radius 1 is 1.29 bits per heavy atom. The third-order valence-corrected chi connectivity index (χ3v) is 4.77. The number of hydrogen-bond donors (Lipinski definition) is 1. The molecule has 24 heavy (non-hydrogen) atoms. The average molecular weight is 331 g/mol. The Labute approximate surface area is 139 Å². The number of aliphatic carboxylic acids is 1. The van der Waals surface area contributed by atoms with Crippen molar-refractivity contribution in [2.24, 2.45) is 5.92 Å². The van der Waals surface area contributed by atoms with E-state index in [0.717, 1.165) is 17.0 Å². The zero-order valence-corrected chi connectivity index (χ0v) is 13.9. The number of carbonyl (C=O) groups is 2. The Bertz CT molecular complexity index is 777. The number of carboxylic acid groups (broad SMARTS) is 1. The molecule has 1 fully saturated rings. The summed E-state index contributed by atoms with van der Waals surface area (Å²) in [4.78, 5) is 33.7. The number of likely N-dealkylation sites (tertiary alicyclic amines) is 1. The second-order valence-electron chi connectivity index (χ2n) is 6.23. The summed E-state index contributed by atoms with van der Waals surface area (Å²) in [5.74, 6) is -0.454. The largest absolute Gasteiger partial charge is 0.481 e. The van der Waals surface area contributed by atoms with E-state index in [-0.39, 0.29) is 11.8 Å². The van der Waals surface area contributed by atoms with E-state index in [4.69, 9.17) is 5.11 Å². The van der Waals surface area contributed by atoms with Crippen molar-refractivity contribution < 1.29 is 14.7 Å². The van der Waals surface area contributed by atoms with Gasteiger partial charge in [0.15, 0.2) is 0 Å². The van der Waals surface area contributed by atoms with E-state index in [0.29, 0.717) is 44.6 Å². The van der Waals surface area contributed by atoms with Crippen molar-refractivity contribution in [3.8, 4) is 0 Å². The van der Waals surface area contributed by atoms with E-state index in [1.807, 2.05) is 13.8 Å². The zero-order valence-electron chi connectivity index (χ0n) is 13.9. The molecular formula is C16H21N5O3. The number of rotatable bonds is 4. The molecule has 1 aliphatic heterocycles. The molecule has 1 amide bonds. The molecule has 1 aliphatic rings. The molecular weight excluding hydrogens is 310 g/mol. The number of aromatic nitrogens is 4. The maximum Gasteiger partial charge on any atom is 0.306 e. The van der Waals surface area contributed by atoms with Crippen LogP contribution in [-0.4, -0.2) is 54.6 Å². The highest BCUT2D eigenvalue weighted by Gasteiger charge is 2.27. The van der Waals surface area contributed by atoms with Crippen molar-refractivity contribution in [3.63, 3.8) is 0 Å². The van der Waals surface area contributed by atoms with Crippen LogP contribution >= 0.6 is 0 Å². The van der Waals surface area contributed by atoms with Crippen molar-refractivity contribution in [1.82, 2.24) is 24.5 Å². The fraction of sp³-hybridized carbons (Fsp3) is 0.562. The van der Waals surface area contributed by atoms with Crippen LogP contribution in [0.3, 0.4) is 0 Å². The summed E-state index contributed by atoms with van der Waals surface area (Å²) in [6, 6.07) is 0. The molecule has 8 heteroatoms. The van der Waals surface area contributed by atoms with Crippen LogP contribution in [0.1, 0.15) is 36.2 Å². The minimum absolute atomic E-state index is 0.0660. The van der Waals surface area contributed by atoms with E-state index in [1.54, 1.807) is 9.42 Å². The van der Waals surface area contributed by atoms with Gasteiger partial charge in [0.05, 0.1) is 5.92 Å². The first kappa shape index (κ1) is 16.4. The second-order valence-corrected chi connectivity index (χ2v) is 6.23. The molecule has 1 N–H and O–H groups in total. The van der Waals surface area contributed by atoms with Crippen LogP contribution in [0.2, 0.25) is 0 Å². The van der Waals surface area contributed by atoms with Gasteiger partial charge in [-0.2, -0.15) is 10.1 Å². The predicted molar refractivity (Wildman–Crippen MR) is 85.5 cm³/mol. The quantitative estimate of drug-likeness (QED) is 0.897. The molecule has 2 aromatic heterocycles. The van der Waals surface area contributed by atoms with Crippen molar-refractivity contribution in [2.75, 3.05) is 13.1 Å². The molecule has 0 unspecified atom stereocenters. The maximum atomic E-state index is 12.4. The minimum atomic E-state index is -0.763. The Morgan fingerprint density at radius 2 is 2.00 bits per heavy atom. The minimum Gasteiger partial charge on any atom is -0.481 e. The molecule has 1 saturated heterocycles. The molecule has 0 aliphatic carbocycles. The van der Waals surface area contributed by atoms with Crippen molar-refractivity contribution >= 4 is 17.7 Å². The summed E-state index contributed by atoms with van der Waals surface area (Å²) in [6.07, 6.45) is 3.52.